The highest BCUT2D eigenvalue weighted by molar-refractivity contribution is 5.88. The summed E-state index contributed by atoms with van der Waals surface area (Å²) in [6.07, 6.45) is 1.41. The summed E-state index contributed by atoms with van der Waals surface area (Å²) in [7, 11) is 1.61. The fourth-order valence-electron chi connectivity index (χ4n) is 1.61. The highest BCUT2D eigenvalue weighted by Gasteiger charge is 2.07. The average molecular weight is 243 g/mol. The number of carbonyl (C=O) groups is 1. The molecule has 92 valence electrons. The number of nitrogens with one attached hydrogen (secondary N) is 1. The molecule has 0 saturated carbocycles. The van der Waals surface area contributed by atoms with Crippen LogP contribution in [0.15, 0.2) is 36.7 Å². The molecule has 1 N–H and O–H groups in total. The van der Waals surface area contributed by atoms with Crippen molar-refractivity contribution >= 4 is 11.7 Å². The fourth-order valence-corrected chi connectivity index (χ4v) is 1.61. The number of anilines is 1. The van der Waals surface area contributed by atoms with Crippen molar-refractivity contribution in [1.29, 1.82) is 0 Å². The Morgan fingerprint density at radius 3 is 2.78 bits per heavy atom. The van der Waals surface area contributed by atoms with Crippen molar-refractivity contribution in [3.63, 3.8) is 0 Å². The normalized spacial score (nSPS) is 9.89. The van der Waals surface area contributed by atoms with E-state index in [1.807, 2.05) is 24.3 Å². The zero-order chi connectivity index (χ0) is 13.0. The first-order valence-corrected chi connectivity index (χ1v) is 5.43. The van der Waals surface area contributed by atoms with Gasteiger partial charge in [0.1, 0.15) is 17.9 Å². The van der Waals surface area contributed by atoms with Crippen LogP contribution in [0.3, 0.4) is 0 Å². The van der Waals surface area contributed by atoms with Gasteiger partial charge in [0.2, 0.25) is 5.91 Å². The molecule has 0 radical (unpaired) electrons. The van der Waals surface area contributed by atoms with Gasteiger partial charge in [0.25, 0.3) is 0 Å². The van der Waals surface area contributed by atoms with Crippen LogP contribution in [0.1, 0.15) is 6.92 Å². The minimum absolute atomic E-state index is 0.167. The minimum atomic E-state index is -0.167. The summed E-state index contributed by atoms with van der Waals surface area (Å²) in [4.78, 5) is 19.1. The number of rotatable bonds is 3. The first kappa shape index (κ1) is 12.0. The van der Waals surface area contributed by atoms with Gasteiger partial charge in [0, 0.05) is 18.6 Å². The van der Waals surface area contributed by atoms with Gasteiger partial charge in [0.05, 0.1) is 12.8 Å². The number of hydrogen-bond acceptors (Lipinski definition) is 4. The van der Waals surface area contributed by atoms with E-state index in [1.54, 1.807) is 13.2 Å². The maximum absolute atomic E-state index is 11.0. The first-order chi connectivity index (χ1) is 8.70. The Hall–Kier alpha value is -2.43. The lowest BCUT2D eigenvalue weighted by molar-refractivity contribution is -0.114. The molecule has 0 aliphatic rings. The summed E-state index contributed by atoms with van der Waals surface area (Å²) < 4.78 is 5.27. The zero-order valence-corrected chi connectivity index (χ0v) is 10.2. The monoisotopic (exact) mass is 243 g/mol. The number of hydrogen-bond donors (Lipinski definition) is 1. The van der Waals surface area contributed by atoms with Gasteiger partial charge in [-0.2, -0.15) is 0 Å². The third kappa shape index (κ3) is 2.63. The number of para-hydroxylation sites is 1. The molecule has 5 nitrogen and oxygen atoms in total. The SMILES string of the molecule is COc1ccccc1-c1cc(NC(C)=O)ncn1. The van der Waals surface area contributed by atoms with Gasteiger partial charge in [-0.05, 0) is 12.1 Å². The largest absolute Gasteiger partial charge is 0.496 e. The molecule has 1 heterocycles. The van der Waals surface area contributed by atoms with Gasteiger partial charge >= 0.3 is 0 Å². The van der Waals surface area contributed by atoms with Gasteiger partial charge in [0.15, 0.2) is 0 Å². The molecule has 0 aliphatic heterocycles. The van der Waals surface area contributed by atoms with Crippen molar-refractivity contribution in [3.8, 4) is 17.0 Å². The van der Waals surface area contributed by atoms with Crippen LogP contribution in [0.2, 0.25) is 0 Å². The van der Waals surface area contributed by atoms with Crippen molar-refractivity contribution in [3.05, 3.63) is 36.7 Å². The second kappa shape index (κ2) is 5.27. The van der Waals surface area contributed by atoms with E-state index in [4.69, 9.17) is 4.74 Å². The number of aromatic nitrogens is 2. The van der Waals surface area contributed by atoms with E-state index in [-0.39, 0.29) is 5.91 Å². The summed E-state index contributed by atoms with van der Waals surface area (Å²) in [5, 5.41) is 2.62. The quantitative estimate of drug-likeness (QED) is 0.896. The van der Waals surface area contributed by atoms with Crippen molar-refractivity contribution in [2.24, 2.45) is 0 Å². The van der Waals surface area contributed by atoms with Gasteiger partial charge in [-0.15, -0.1) is 0 Å². The molecule has 1 aromatic heterocycles. The third-order valence-corrected chi connectivity index (χ3v) is 2.35. The van der Waals surface area contributed by atoms with E-state index in [1.165, 1.54) is 13.3 Å². The predicted octanol–water partition coefficient (Wildman–Crippen LogP) is 2.11. The molecule has 18 heavy (non-hydrogen) atoms. The van der Waals surface area contributed by atoms with Gasteiger partial charge < -0.3 is 10.1 Å². The smallest absolute Gasteiger partial charge is 0.222 e. The Kier molecular flexibility index (Phi) is 3.52. The number of amides is 1. The number of ether oxygens (including phenoxy) is 1. The number of nitrogens with zero attached hydrogens (tertiary/aromatic N) is 2. The summed E-state index contributed by atoms with van der Waals surface area (Å²) in [5.74, 6) is 1.03. The van der Waals surface area contributed by atoms with Crippen LogP contribution in [0.5, 0.6) is 5.75 Å². The Bertz CT molecular complexity index is 570. The Balaban J connectivity index is 2.41. The van der Waals surface area contributed by atoms with Crippen LogP contribution in [0.25, 0.3) is 11.3 Å². The molecule has 5 heteroatoms. The Morgan fingerprint density at radius 1 is 1.28 bits per heavy atom. The molecule has 0 fully saturated rings. The molecule has 0 unspecified atom stereocenters. The van der Waals surface area contributed by atoms with Crippen molar-refractivity contribution in [2.45, 2.75) is 6.92 Å². The van der Waals surface area contributed by atoms with Crippen molar-refractivity contribution in [1.82, 2.24) is 9.97 Å². The van der Waals surface area contributed by atoms with Crippen molar-refractivity contribution in [2.75, 3.05) is 12.4 Å². The molecular formula is C13H13N3O2. The van der Waals surface area contributed by atoms with E-state index in [9.17, 15) is 4.79 Å². The Morgan fingerprint density at radius 2 is 2.06 bits per heavy atom. The lowest BCUT2D eigenvalue weighted by Crippen LogP contribution is -2.07. The summed E-state index contributed by atoms with van der Waals surface area (Å²) in [6, 6.07) is 9.25. The molecule has 0 spiro atoms. The lowest BCUT2D eigenvalue weighted by Gasteiger charge is -2.08. The van der Waals surface area contributed by atoms with Crippen LogP contribution in [-0.4, -0.2) is 23.0 Å². The molecule has 2 aromatic rings. The summed E-state index contributed by atoms with van der Waals surface area (Å²) in [5.41, 5.74) is 1.56. The molecule has 1 amide bonds. The minimum Gasteiger partial charge on any atom is -0.496 e. The van der Waals surface area contributed by atoms with Crippen LogP contribution in [0.4, 0.5) is 5.82 Å². The van der Waals surface area contributed by atoms with Crippen LogP contribution >= 0.6 is 0 Å². The third-order valence-electron chi connectivity index (χ3n) is 2.35. The molecule has 0 saturated heterocycles. The maximum Gasteiger partial charge on any atom is 0.222 e. The van der Waals surface area contributed by atoms with Crippen LogP contribution in [-0.2, 0) is 4.79 Å². The molecular weight excluding hydrogens is 230 g/mol. The second-order valence-corrected chi connectivity index (χ2v) is 3.67. The Labute approximate surface area is 105 Å². The highest BCUT2D eigenvalue weighted by Crippen LogP contribution is 2.28. The van der Waals surface area contributed by atoms with E-state index in [2.05, 4.69) is 15.3 Å². The van der Waals surface area contributed by atoms with E-state index in [0.29, 0.717) is 11.5 Å². The number of methoxy groups -OCH3 is 1. The fraction of sp³-hybridized carbons (Fsp3) is 0.154. The standard InChI is InChI=1S/C13H13N3O2/c1-9(17)16-13-7-11(14-8-15-13)10-5-3-4-6-12(10)18-2/h3-8H,1-2H3,(H,14,15,16,17). The number of benzene rings is 1. The molecule has 0 atom stereocenters. The van der Waals surface area contributed by atoms with Gasteiger partial charge in [-0.1, -0.05) is 12.1 Å². The van der Waals surface area contributed by atoms with Gasteiger partial charge in [-0.3, -0.25) is 4.79 Å². The maximum atomic E-state index is 11.0. The highest BCUT2D eigenvalue weighted by atomic mass is 16.5. The molecule has 1 aromatic carbocycles. The molecule has 0 bridgehead atoms. The van der Waals surface area contributed by atoms with Crippen LogP contribution in [0, 0.1) is 0 Å². The van der Waals surface area contributed by atoms with Crippen LogP contribution < -0.4 is 10.1 Å². The zero-order valence-electron chi connectivity index (χ0n) is 10.2. The second-order valence-electron chi connectivity index (χ2n) is 3.67. The van der Waals surface area contributed by atoms with Crippen molar-refractivity contribution < 1.29 is 9.53 Å². The summed E-state index contributed by atoms with van der Waals surface area (Å²) >= 11 is 0. The lowest BCUT2D eigenvalue weighted by atomic mass is 10.1. The number of carbonyl (C=O) groups excluding carboxylic acids is 1. The van der Waals surface area contributed by atoms with E-state index in [0.717, 1.165) is 11.3 Å². The average Bonchev–Trinajstić information content (AvgIpc) is 2.38. The van der Waals surface area contributed by atoms with Gasteiger partial charge in [-0.25, -0.2) is 9.97 Å². The molecule has 0 aliphatic carbocycles. The summed E-state index contributed by atoms with van der Waals surface area (Å²) in [6.45, 7) is 1.44. The topological polar surface area (TPSA) is 64.1 Å². The first-order valence-electron chi connectivity index (χ1n) is 5.43. The van der Waals surface area contributed by atoms with E-state index >= 15 is 0 Å². The van der Waals surface area contributed by atoms with E-state index < -0.39 is 0 Å². The molecule has 2 rings (SSSR count). The predicted molar refractivity (Wildman–Crippen MR) is 68.3 cm³/mol.